The molecule has 0 aliphatic rings. The third-order valence-electron chi connectivity index (χ3n) is 3.25. The standard InChI is InChI=1S/C17H22N2O/c1-2-19(16-11-7-4-8-12-16)14-17(20)13-18-15-9-5-3-6-10-15/h3-12,17-18,20H,2,13-14H2,1H3. The van der Waals surface area contributed by atoms with Crippen LogP contribution in [0, 0.1) is 0 Å². The Bertz CT molecular complexity index is 487. The first kappa shape index (κ1) is 14.4. The van der Waals surface area contributed by atoms with Gasteiger partial charge >= 0.3 is 0 Å². The number of anilines is 2. The summed E-state index contributed by atoms with van der Waals surface area (Å²) in [5, 5.41) is 13.4. The van der Waals surface area contributed by atoms with Crippen LogP contribution in [0.4, 0.5) is 11.4 Å². The molecule has 0 amide bonds. The highest BCUT2D eigenvalue weighted by atomic mass is 16.3. The van der Waals surface area contributed by atoms with E-state index in [2.05, 4.69) is 29.3 Å². The third kappa shape index (κ3) is 4.28. The Morgan fingerprint density at radius 1 is 1.00 bits per heavy atom. The van der Waals surface area contributed by atoms with E-state index in [0.717, 1.165) is 17.9 Å². The number of aliphatic hydroxyl groups excluding tert-OH is 1. The Morgan fingerprint density at radius 2 is 1.60 bits per heavy atom. The van der Waals surface area contributed by atoms with Crippen LogP contribution in [0.15, 0.2) is 60.7 Å². The summed E-state index contributed by atoms with van der Waals surface area (Å²) in [5.41, 5.74) is 2.18. The summed E-state index contributed by atoms with van der Waals surface area (Å²) in [6, 6.07) is 20.1. The van der Waals surface area contributed by atoms with Gasteiger partial charge in [-0.05, 0) is 31.2 Å². The largest absolute Gasteiger partial charge is 0.389 e. The van der Waals surface area contributed by atoms with Crippen LogP contribution in [-0.2, 0) is 0 Å². The van der Waals surface area contributed by atoms with E-state index >= 15 is 0 Å². The first-order valence-corrected chi connectivity index (χ1v) is 7.06. The maximum Gasteiger partial charge on any atom is 0.0886 e. The van der Waals surface area contributed by atoms with Gasteiger partial charge < -0.3 is 15.3 Å². The molecule has 1 atom stereocenters. The molecule has 1 unspecified atom stereocenters. The van der Waals surface area contributed by atoms with Crippen molar-refractivity contribution in [3.63, 3.8) is 0 Å². The number of benzene rings is 2. The predicted octanol–water partition coefficient (Wildman–Crippen LogP) is 2.99. The van der Waals surface area contributed by atoms with E-state index in [0.29, 0.717) is 13.1 Å². The Kier molecular flexibility index (Phi) is 5.44. The van der Waals surface area contributed by atoms with Crippen LogP contribution in [-0.4, -0.2) is 30.8 Å². The average molecular weight is 270 g/mol. The van der Waals surface area contributed by atoms with Crippen molar-refractivity contribution in [3.05, 3.63) is 60.7 Å². The van der Waals surface area contributed by atoms with Gasteiger partial charge in [-0.25, -0.2) is 0 Å². The van der Waals surface area contributed by atoms with Crippen LogP contribution < -0.4 is 10.2 Å². The highest BCUT2D eigenvalue weighted by Gasteiger charge is 2.10. The zero-order valence-electron chi connectivity index (χ0n) is 11.9. The molecular weight excluding hydrogens is 248 g/mol. The summed E-state index contributed by atoms with van der Waals surface area (Å²) < 4.78 is 0. The van der Waals surface area contributed by atoms with E-state index in [-0.39, 0.29) is 0 Å². The Hall–Kier alpha value is -2.00. The first-order valence-electron chi connectivity index (χ1n) is 7.06. The van der Waals surface area contributed by atoms with Gasteiger partial charge in [0.2, 0.25) is 0 Å². The van der Waals surface area contributed by atoms with Gasteiger partial charge in [0.1, 0.15) is 0 Å². The van der Waals surface area contributed by atoms with Gasteiger partial charge in [0.15, 0.2) is 0 Å². The van der Waals surface area contributed by atoms with Crippen molar-refractivity contribution >= 4 is 11.4 Å². The molecule has 20 heavy (non-hydrogen) atoms. The van der Waals surface area contributed by atoms with Gasteiger partial charge in [0.25, 0.3) is 0 Å². The SMILES string of the molecule is CCN(CC(O)CNc1ccccc1)c1ccccc1. The molecule has 106 valence electrons. The Balaban J connectivity index is 1.85. The molecule has 3 heteroatoms. The second-order valence-corrected chi connectivity index (χ2v) is 4.77. The molecule has 2 aromatic rings. The molecule has 0 saturated heterocycles. The highest BCUT2D eigenvalue weighted by molar-refractivity contribution is 5.46. The lowest BCUT2D eigenvalue weighted by Gasteiger charge is -2.26. The van der Waals surface area contributed by atoms with Gasteiger partial charge in [-0.15, -0.1) is 0 Å². The molecule has 0 saturated carbocycles. The van der Waals surface area contributed by atoms with Crippen molar-refractivity contribution in [1.29, 1.82) is 0 Å². The van der Waals surface area contributed by atoms with Gasteiger partial charge in [0.05, 0.1) is 6.10 Å². The maximum atomic E-state index is 10.2. The lowest BCUT2D eigenvalue weighted by Crippen LogP contribution is -2.36. The number of aliphatic hydroxyl groups is 1. The Labute approximate surface area is 120 Å². The molecule has 0 radical (unpaired) electrons. The molecule has 3 nitrogen and oxygen atoms in total. The summed E-state index contributed by atoms with van der Waals surface area (Å²) in [7, 11) is 0. The van der Waals surface area contributed by atoms with Crippen LogP contribution in [0.1, 0.15) is 6.92 Å². The molecule has 2 aromatic carbocycles. The van der Waals surface area contributed by atoms with Crippen molar-refractivity contribution in [2.24, 2.45) is 0 Å². The number of nitrogens with one attached hydrogen (secondary N) is 1. The second-order valence-electron chi connectivity index (χ2n) is 4.77. The number of hydrogen-bond acceptors (Lipinski definition) is 3. The van der Waals surface area contributed by atoms with E-state index in [9.17, 15) is 5.11 Å². The minimum absolute atomic E-state index is 0.407. The molecule has 2 rings (SSSR count). The van der Waals surface area contributed by atoms with Gasteiger partial charge in [-0.3, -0.25) is 0 Å². The molecule has 0 heterocycles. The summed E-state index contributed by atoms with van der Waals surface area (Å²) in [6.45, 7) is 4.16. The molecule has 0 aromatic heterocycles. The molecule has 2 N–H and O–H groups in total. The molecule has 0 bridgehead atoms. The second kappa shape index (κ2) is 7.56. The quantitative estimate of drug-likeness (QED) is 0.812. The highest BCUT2D eigenvalue weighted by Crippen LogP contribution is 2.13. The number of hydrogen-bond donors (Lipinski definition) is 2. The Morgan fingerprint density at radius 3 is 2.20 bits per heavy atom. The van der Waals surface area contributed by atoms with Crippen molar-refractivity contribution in [3.8, 4) is 0 Å². The van der Waals surface area contributed by atoms with E-state index in [4.69, 9.17) is 0 Å². The number of nitrogens with zero attached hydrogens (tertiary/aromatic N) is 1. The van der Waals surface area contributed by atoms with Crippen molar-refractivity contribution in [1.82, 2.24) is 0 Å². The predicted molar refractivity (Wildman–Crippen MR) is 85.3 cm³/mol. The van der Waals surface area contributed by atoms with Gasteiger partial charge in [-0.2, -0.15) is 0 Å². The van der Waals surface area contributed by atoms with Crippen LogP contribution >= 0.6 is 0 Å². The lowest BCUT2D eigenvalue weighted by atomic mass is 10.2. The lowest BCUT2D eigenvalue weighted by molar-refractivity contribution is 0.193. The van der Waals surface area contributed by atoms with E-state index in [1.54, 1.807) is 0 Å². The summed E-state index contributed by atoms with van der Waals surface area (Å²) >= 11 is 0. The third-order valence-corrected chi connectivity index (χ3v) is 3.25. The van der Waals surface area contributed by atoms with Crippen LogP contribution in [0.25, 0.3) is 0 Å². The summed E-state index contributed by atoms with van der Waals surface area (Å²) in [4.78, 5) is 2.18. The van der Waals surface area contributed by atoms with Crippen LogP contribution in [0.5, 0.6) is 0 Å². The zero-order chi connectivity index (χ0) is 14.2. The average Bonchev–Trinajstić information content (AvgIpc) is 2.52. The summed E-state index contributed by atoms with van der Waals surface area (Å²) in [5.74, 6) is 0. The molecular formula is C17H22N2O. The molecule has 0 spiro atoms. The van der Waals surface area contributed by atoms with Gasteiger partial charge in [-0.1, -0.05) is 36.4 Å². The maximum absolute atomic E-state index is 10.2. The fourth-order valence-corrected chi connectivity index (χ4v) is 2.17. The van der Waals surface area contributed by atoms with Crippen molar-refractivity contribution in [2.75, 3.05) is 29.9 Å². The fraction of sp³-hybridized carbons (Fsp3) is 0.294. The molecule has 0 aliphatic heterocycles. The van der Waals surface area contributed by atoms with E-state index in [1.807, 2.05) is 48.5 Å². The van der Waals surface area contributed by atoms with Crippen molar-refractivity contribution < 1.29 is 5.11 Å². The fourth-order valence-electron chi connectivity index (χ4n) is 2.17. The number of para-hydroxylation sites is 2. The van der Waals surface area contributed by atoms with E-state index in [1.165, 1.54) is 0 Å². The first-order chi connectivity index (χ1) is 9.79. The van der Waals surface area contributed by atoms with Gasteiger partial charge in [0, 0.05) is 31.0 Å². The molecule has 0 fully saturated rings. The smallest absolute Gasteiger partial charge is 0.0886 e. The summed E-state index contributed by atoms with van der Waals surface area (Å²) in [6.07, 6.45) is -0.407. The van der Waals surface area contributed by atoms with Crippen LogP contribution in [0.3, 0.4) is 0 Å². The van der Waals surface area contributed by atoms with Crippen LogP contribution in [0.2, 0.25) is 0 Å². The van der Waals surface area contributed by atoms with E-state index < -0.39 is 6.10 Å². The number of likely N-dealkylation sites (N-methyl/N-ethyl adjacent to an activating group) is 1. The minimum atomic E-state index is -0.407. The zero-order valence-corrected chi connectivity index (χ0v) is 11.9. The monoisotopic (exact) mass is 270 g/mol. The molecule has 0 aliphatic carbocycles. The minimum Gasteiger partial charge on any atom is -0.389 e. The van der Waals surface area contributed by atoms with Crippen molar-refractivity contribution in [2.45, 2.75) is 13.0 Å². The normalized spacial score (nSPS) is 11.9. The topological polar surface area (TPSA) is 35.5 Å². The number of rotatable bonds is 7.